The molecule has 0 saturated carbocycles. The van der Waals surface area contributed by atoms with Crippen molar-refractivity contribution >= 4 is 34.0 Å². The second-order valence-electron chi connectivity index (χ2n) is 15.0. The summed E-state index contributed by atoms with van der Waals surface area (Å²) in [4.78, 5) is 50.1. The van der Waals surface area contributed by atoms with Gasteiger partial charge in [0.05, 0.1) is 26.4 Å². The van der Waals surface area contributed by atoms with Crippen LogP contribution in [0.25, 0.3) is 0 Å². The standard InChI is InChI=1S/C33H56N4O24S/c1-10(41)34-18-23(46)29(17(55-30(18)50)9-54-62(51,52)53)60-32-19(35-11(2)42)24(47)27(15(7-39)57-32)59-31-20(36-12(3)43)25(48)28(16(8-40)58-31)61-33-21(37(5)13(4)44)26(49)22(45)14(6-38)56-33/h14-33,38-40,45-50H,6-9H2,1-5H3,(H,34,41)(H,35,42)(H,36,43)(H,51,52,53)/p-1/t14-,15-,16-,17-,18-,19-,20-,21-,22-,23?,24-,25?,26-,27-,28-,29-,30-,31+,32+,33+/m1/s1. The number of amides is 4. The first-order valence-electron chi connectivity index (χ1n) is 19.1. The van der Waals surface area contributed by atoms with Crippen molar-refractivity contribution in [1.29, 1.82) is 0 Å². The molecule has 12 N–H and O–H groups in total. The summed E-state index contributed by atoms with van der Waals surface area (Å²) in [6.07, 6.45) is -28.9. The van der Waals surface area contributed by atoms with E-state index >= 15 is 0 Å². The highest BCUT2D eigenvalue weighted by Gasteiger charge is 2.56. The van der Waals surface area contributed by atoms with Crippen LogP contribution in [0.15, 0.2) is 0 Å². The van der Waals surface area contributed by atoms with Crippen LogP contribution in [0.5, 0.6) is 0 Å². The van der Waals surface area contributed by atoms with Gasteiger partial charge in [-0.25, -0.2) is 8.42 Å². The van der Waals surface area contributed by atoms with Crippen molar-refractivity contribution in [3.8, 4) is 0 Å². The SMILES string of the molecule is CC(=O)N[C@H]1[C@H](O[C@H]2C(O)[C@@H](NC(C)=O)[C@H](O)O[C@@H]2COS(=O)(=O)[O-])O[C@H](CO)[C@@H](O[C@@H]2O[C@H](CO)[C@@H](O[C@@H]3O[C@H](CO)[C@@H](O)[C@H](O)[C@H]3N(C)C(C)=O)C(O)[C@H]2NC(C)=O)[C@@H]1O. The van der Waals surface area contributed by atoms with Crippen LogP contribution in [0.2, 0.25) is 0 Å². The number of likely N-dealkylation sites (N-methyl/N-ethyl adjacent to an activating group) is 1. The molecule has 2 unspecified atom stereocenters. The predicted octanol–water partition coefficient (Wildman–Crippen LogP) is -9.35. The highest BCUT2D eigenvalue weighted by Crippen LogP contribution is 2.35. The molecule has 0 aromatic carbocycles. The number of aliphatic hydroxyl groups is 9. The fourth-order valence-corrected chi connectivity index (χ4v) is 7.82. The van der Waals surface area contributed by atoms with Gasteiger partial charge in [-0.1, -0.05) is 0 Å². The highest BCUT2D eigenvalue weighted by atomic mass is 32.3. The maximum absolute atomic E-state index is 12.5. The molecule has 4 aliphatic rings. The Balaban J connectivity index is 1.65. The van der Waals surface area contributed by atoms with Gasteiger partial charge in [-0.2, -0.15) is 0 Å². The van der Waals surface area contributed by atoms with E-state index in [9.17, 15) is 78.1 Å². The number of nitrogens with one attached hydrogen (secondary N) is 3. The molecule has 29 heteroatoms. The molecular formula is C33H55N4O24S-. The van der Waals surface area contributed by atoms with Crippen LogP contribution < -0.4 is 16.0 Å². The van der Waals surface area contributed by atoms with E-state index in [1.807, 2.05) is 0 Å². The first-order chi connectivity index (χ1) is 28.9. The van der Waals surface area contributed by atoms with E-state index in [1.54, 1.807) is 0 Å². The van der Waals surface area contributed by atoms with Crippen molar-refractivity contribution in [2.24, 2.45) is 0 Å². The van der Waals surface area contributed by atoms with Gasteiger partial charge in [0.25, 0.3) is 0 Å². The number of aliphatic hydroxyl groups excluding tert-OH is 9. The summed E-state index contributed by atoms with van der Waals surface area (Å²) < 4.78 is 78.7. The van der Waals surface area contributed by atoms with Gasteiger partial charge in [0, 0.05) is 34.7 Å². The molecule has 358 valence electrons. The molecule has 0 aliphatic carbocycles. The van der Waals surface area contributed by atoms with E-state index < -0.39 is 183 Å². The summed E-state index contributed by atoms with van der Waals surface area (Å²) in [7, 11) is -4.15. The van der Waals surface area contributed by atoms with E-state index in [0.717, 1.165) is 32.6 Å². The lowest BCUT2D eigenvalue weighted by Crippen LogP contribution is -2.71. The fraction of sp³-hybridized carbons (Fsp3) is 0.879. The van der Waals surface area contributed by atoms with E-state index in [4.69, 9.17) is 33.2 Å². The van der Waals surface area contributed by atoms with Gasteiger partial charge in [-0.05, 0) is 0 Å². The molecule has 0 aromatic heterocycles. The van der Waals surface area contributed by atoms with Crippen molar-refractivity contribution in [3.63, 3.8) is 0 Å². The number of carbonyl (C=O) groups excluding carboxylic acids is 4. The molecule has 20 atom stereocenters. The monoisotopic (exact) mass is 923 g/mol. The molecule has 4 amide bonds. The Bertz CT molecular complexity index is 1650. The van der Waals surface area contributed by atoms with E-state index in [1.165, 1.54) is 7.05 Å². The van der Waals surface area contributed by atoms with E-state index in [-0.39, 0.29) is 0 Å². The zero-order valence-corrected chi connectivity index (χ0v) is 34.7. The Labute approximate surface area is 353 Å². The minimum atomic E-state index is -5.39. The second-order valence-corrected chi connectivity index (χ2v) is 16.0. The fourth-order valence-electron chi connectivity index (χ4n) is 7.52. The van der Waals surface area contributed by atoms with Crippen LogP contribution in [0.4, 0.5) is 0 Å². The molecule has 4 aliphatic heterocycles. The summed E-state index contributed by atoms with van der Waals surface area (Å²) in [5.41, 5.74) is 0. The zero-order valence-electron chi connectivity index (χ0n) is 33.9. The Morgan fingerprint density at radius 2 is 0.968 bits per heavy atom. The molecule has 4 rings (SSSR count). The summed E-state index contributed by atoms with van der Waals surface area (Å²) >= 11 is 0. The van der Waals surface area contributed by atoms with Gasteiger partial charge >= 0.3 is 0 Å². The van der Waals surface area contributed by atoms with Crippen LogP contribution in [-0.4, -0.2) is 244 Å². The van der Waals surface area contributed by atoms with Crippen LogP contribution in [0, 0.1) is 0 Å². The number of rotatable bonds is 16. The van der Waals surface area contributed by atoms with Crippen molar-refractivity contribution in [2.75, 3.05) is 33.5 Å². The predicted molar refractivity (Wildman–Crippen MR) is 193 cm³/mol. The van der Waals surface area contributed by atoms with Crippen LogP contribution in [0.3, 0.4) is 0 Å². The first-order valence-corrected chi connectivity index (χ1v) is 20.4. The Hall–Kier alpha value is -2.89. The zero-order chi connectivity index (χ0) is 46.5. The Kier molecular flexibility index (Phi) is 18.2. The smallest absolute Gasteiger partial charge is 0.219 e. The topological polar surface area (TPSA) is 421 Å². The highest BCUT2D eigenvalue weighted by molar-refractivity contribution is 7.80. The molecule has 62 heavy (non-hydrogen) atoms. The van der Waals surface area contributed by atoms with E-state index in [2.05, 4.69) is 20.1 Å². The van der Waals surface area contributed by atoms with Crippen LogP contribution >= 0.6 is 0 Å². The average Bonchev–Trinajstić information content (AvgIpc) is 3.18. The number of ether oxygens (including phenoxy) is 7. The minimum Gasteiger partial charge on any atom is -0.726 e. The lowest BCUT2D eigenvalue weighted by Gasteiger charge is -2.51. The first kappa shape index (κ1) is 51.7. The van der Waals surface area contributed by atoms with Crippen molar-refractivity contribution in [2.45, 2.75) is 150 Å². The largest absolute Gasteiger partial charge is 0.726 e. The van der Waals surface area contributed by atoms with Crippen molar-refractivity contribution in [1.82, 2.24) is 20.9 Å². The molecule has 0 aromatic rings. The molecule has 4 fully saturated rings. The molecule has 0 spiro atoms. The van der Waals surface area contributed by atoms with Crippen molar-refractivity contribution in [3.05, 3.63) is 0 Å². The molecular weight excluding hydrogens is 868 g/mol. The number of hydrogen-bond donors (Lipinski definition) is 12. The van der Waals surface area contributed by atoms with Gasteiger partial charge < -0.3 is 105 Å². The normalized spacial score (nSPS) is 41.5. The summed E-state index contributed by atoms with van der Waals surface area (Å²) in [5.74, 6) is -3.03. The Morgan fingerprint density at radius 3 is 1.37 bits per heavy atom. The quantitative estimate of drug-likeness (QED) is 0.0505. The van der Waals surface area contributed by atoms with Gasteiger partial charge in [-0.3, -0.25) is 23.4 Å². The molecule has 4 heterocycles. The van der Waals surface area contributed by atoms with Crippen LogP contribution in [0.1, 0.15) is 27.7 Å². The third kappa shape index (κ3) is 12.3. The van der Waals surface area contributed by atoms with Gasteiger partial charge in [0.15, 0.2) is 25.2 Å². The summed E-state index contributed by atoms with van der Waals surface area (Å²) in [6, 6.07) is -6.54. The molecule has 28 nitrogen and oxygen atoms in total. The lowest BCUT2D eigenvalue weighted by molar-refractivity contribution is -0.363. The lowest BCUT2D eigenvalue weighted by atomic mass is 9.93. The molecule has 0 radical (unpaired) electrons. The summed E-state index contributed by atoms with van der Waals surface area (Å²) in [6.45, 7) is 0.224. The summed E-state index contributed by atoms with van der Waals surface area (Å²) in [5, 5.41) is 104. The maximum atomic E-state index is 12.5. The third-order valence-corrected chi connectivity index (χ3v) is 11.0. The van der Waals surface area contributed by atoms with Crippen molar-refractivity contribution < 1.29 is 115 Å². The minimum absolute atomic E-state index is 0.624. The third-order valence-electron chi connectivity index (χ3n) is 10.6. The molecule has 4 saturated heterocycles. The second kappa shape index (κ2) is 21.9. The number of carbonyl (C=O) groups is 4. The van der Waals surface area contributed by atoms with Gasteiger partial charge in [0.1, 0.15) is 97.4 Å². The maximum Gasteiger partial charge on any atom is 0.219 e. The number of nitrogens with zero attached hydrogens (tertiary/aromatic N) is 1. The average molecular weight is 924 g/mol. The molecule has 0 bridgehead atoms. The van der Waals surface area contributed by atoms with E-state index in [0.29, 0.717) is 0 Å². The van der Waals surface area contributed by atoms with Gasteiger partial charge in [-0.15, -0.1) is 0 Å². The number of hydrogen-bond acceptors (Lipinski definition) is 24. The Morgan fingerprint density at radius 1 is 0.581 bits per heavy atom. The van der Waals surface area contributed by atoms with Gasteiger partial charge in [0.2, 0.25) is 34.0 Å². The van der Waals surface area contributed by atoms with Crippen LogP contribution in [-0.2, 0) is 66.9 Å².